The summed E-state index contributed by atoms with van der Waals surface area (Å²) in [5, 5.41) is 0. The van der Waals surface area contributed by atoms with Crippen LogP contribution in [0.25, 0.3) is 0 Å². The van der Waals surface area contributed by atoms with E-state index in [9.17, 15) is 0 Å². The SMILES string of the molecule is C=CC1=CC(C)=C(C=C)C1. The standard InChI is InChI=1S/C10H12/c1-4-9-6-8(3)10(5-2)7-9/h4-6H,1-2,7H2,3H3. The van der Waals surface area contributed by atoms with E-state index in [2.05, 4.69) is 26.2 Å². The molecule has 0 aromatic carbocycles. The van der Waals surface area contributed by atoms with Crippen molar-refractivity contribution in [3.05, 3.63) is 48.1 Å². The van der Waals surface area contributed by atoms with E-state index >= 15 is 0 Å². The molecule has 0 heterocycles. The summed E-state index contributed by atoms with van der Waals surface area (Å²) in [6.07, 6.45) is 6.99. The van der Waals surface area contributed by atoms with Gasteiger partial charge in [0.1, 0.15) is 0 Å². The van der Waals surface area contributed by atoms with Gasteiger partial charge in [-0.2, -0.15) is 0 Å². The highest BCUT2D eigenvalue weighted by atomic mass is 14.1. The average molecular weight is 132 g/mol. The molecule has 52 valence electrons. The van der Waals surface area contributed by atoms with E-state index in [1.165, 1.54) is 16.7 Å². The van der Waals surface area contributed by atoms with Gasteiger partial charge in [0, 0.05) is 0 Å². The van der Waals surface area contributed by atoms with Gasteiger partial charge in [0.2, 0.25) is 0 Å². The number of hydrogen-bond acceptors (Lipinski definition) is 0. The van der Waals surface area contributed by atoms with E-state index in [4.69, 9.17) is 0 Å². The van der Waals surface area contributed by atoms with Crippen molar-refractivity contribution in [2.75, 3.05) is 0 Å². The summed E-state index contributed by atoms with van der Waals surface area (Å²) >= 11 is 0. The maximum absolute atomic E-state index is 3.74. The molecule has 0 amide bonds. The van der Waals surface area contributed by atoms with Crippen LogP contribution in [0.15, 0.2) is 48.1 Å². The highest BCUT2D eigenvalue weighted by Gasteiger charge is 2.06. The van der Waals surface area contributed by atoms with Crippen LogP contribution >= 0.6 is 0 Å². The molecule has 0 aromatic rings. The highest BCUT2D eigenvalue weighted by Crippen LogP contribution is 2.25. The Morgan fingerprint density at radius 3 is 2.40 bits per heavy atom. The second-order valence-electron chi connectivity index (χ2n) is 2.51. The Kier molecular flexibility index (Phi) is 1.91. The summed E-state index contributed by atoms with van der Waals surface area (Å²) in [6.45, 7) is 9.56. The zero-order valence-corrected chi connectivity index (χ0v) is 6.35. The first-order valence-electron chi connectivity index (χ1n) is 3.43. The number of allylic oxidation sites excluding steroid dienone is 6. The Morgan fingerprint density at radius 1 is 1.40 bits per heavy atom. The molecule has 0 atom stereocenters. The zero-order chi connectivity index (χ0) is 7.56. The molecule has 0 unspecified atom stereocenters. The monoisotopic (exact) mass is 132 g/mol. The van der Waals surface area contributed by atoms with Crippen LogP contribution in [0.2, 0.25) is 0 Å². The first-order chi connectivity index (χ1) is 4.77. The average Bonchev–Trinajstić information content (AvgIpc) is 2.30. The molecule has 1 aliphatic carbocycles. The normalized spacial score (nSPS) is 17.1. The molecule has 0 aromatic heterocycles. The molecule has 0 heteroatoms. The first kappa shape index (κ1) is 7.07. The fourth-order valence-corrected chi connectivity index (χ4v) is 1.15. The first-order valence-corrected chi connectivity index (χ1v) is 3.43. The lowest BCUT2D eigenvalue weighted by Gasteiger charge is -1.93. The van der Waals surface area contributed by atoms with Crippen LogP contribution < -0.4 is 0 Å². The largest absolute Gasteiger partial charge is 0.0988 e. The molecule has 0 spiro atoms. The molecule has 10 heavy (non-hydrogen) atoms. The van der Waals surface area contributed by atoms with Crippen molar-refractivity contribution in [3.8, 4) is 0 Å². The van der Waals surface area contributed by atoms with Crippen molar-refractivity contribution in [3.63, 3.8) is 0 Å². The molecule has 0 bridgehead atoms. The van der Waals surface area contributed by atoms with Gasteiger partial charge in [-0.3, -0.25) is 0 Å². The van der Waals surface area contributed by atoms with E-state index < -0.39 is 0 Å². The van der Waals surface area contributed by atoms with Crippen LogP contribution in [-0.2, 0) is 0 Å². The molecule has 0 N–H and O–H groups in total. The van der Waals surface area contributed by atoms with Gasteiger partial charge in [-0.1, -0.05) is 31.4 Å². The molecule has 0 saturated carbocycles. The molecular weight excluding hydrogens is 120 g/mol. The van der Waals surface area contributed by atoms with E-state index in [1.54, 1.807) is 0 Å². The zero-order valence-electron chi connectivity index (χ0n) is 6.35. The van der Waals surface area contributed by atoms with Crippen LogP contribution in [0, 0.1) is 0 Å². The third-order valence-corrected chi connectivity index (χ3v) is 1.81. The summed E-state index contributed by atoms with van der Waals surface area (Å²) in [6, 6.07) is 0. The van der Waals surface area contributed by atoms with Crippen LogP contribution in [0.1, 0.15) is 13.3 Å². The van der Waals surface area contributed by atoms with Gasteiger partial charge in [0.25, 0.3) is 0 Å². The molecular formula is C10H12. The van der Waals surface area contributed by atoms with Gasteiger partial charge in [0.15, 0.2) is 0 Å². The summed E-state index contributed by atoms with van der Waals surface area (Å²) in [7, 11) is 0. The molecule has 1 rings (SSSR count). The molecule has 0 aliphatic heterocycles. The Bertz CT molecular complexity index is 226. The van der Waals surface area contributed by atoms with Crippen LogP contribution in [0.4, 0.5) is 0 Å². The summed E-state index contributed by atoms with van der Waals surface area (Å²) in [5.41, 5.74) is 3.95. The lowest BCUT2D eigenvalue weighted by molar-refractivity contribution is 1.25. The number of hydrogen-bond donors (Lipinski definition) is 0. The van der Waals surface area contributed by atoms with Crippen molar-refractivity contribution >= 4 is 0 Å². The third kappa shape index (κ3) is 1.10. The second kappa shape index (κ2) is 2.70. The van der Waals surface area contributed by atoms with Crippen molar-refractivity contribution in [2.24, 2.45) is 0 Å². The third-order valence-electron chi connectivity index (χ3n) is 1.81. The topological polar surface area (TPSA) is 0 Å². The summed E-state index contributed by atoms with van der Waals surface area (Å²) < 4.78 is 0. The summed E-state index contributed by atoms with van der Waals surface area (Å²) in [4.78, 5) is 0. The van der Waals surface area contributed by atoms with Gasteiger partial charge in [0.05, 0.1) is 0 Å². The maximum atomic E-state index is 3.74. The number of rotatable bonds is 2. The van der Waals surface area contributed by atoms with E-state index in [-0.39, 0.29) is 0 Å². The molecule has 0 fully saturated rings. The minimum absolute atomic E-state index is 1.01. The van der Waals surface area contributed by atoms with Crippen molar-refractivity contribution in [1.82, 2.24) is 0 Å². The van der Waals surface area contributed by atoms with Gasteiger partial charge < -0.3 is 0 Å². The van der Waals surface area contributed by atoms with Crippen LogP contribution in [0.5, 0.6) is 0 Å². The van der Waals surface area contributed by atoms with Gasteiger partial charge in [-0.15, -0.1) is 0 Å². The fourth-order valence-electron chi connectivity index (χ4n) is 1.15. The Balaban J connectivity index is 2.82. The smallest absolute Gasteiger partial charge is 0.00235 e. The Hall–Kier alpha value is -1.04. The lowest BCUT2D eigenvalue weighted by atomic mass is 10.1. The van der Waals surface area contributed by atoms with Gasteiger partial charge in [-0.25, -0.2) is 0 Å². The predicted molar refractivity (Wildman–Crippen MR) is 45.8 cm³/mol. The molecule has 0 saturated heterocycles. The van der Waals surface area contributed by atoms with Gasteiger partial charge >= 0.3 is 0 Å². The molecule has 0 nitrogen and oxygen atoms in total. The minimum atomic E-state index is 1.01. The lowest BCUT2D eigenvalue weighted by Crippen LogP contribution is -1.74. The van der Waals surface area contributed by atoms with E-state index in [0.29, 0.717) is 0 Å². The Labute approximate surface area is 62.3 Å². The summed E-state index contributed by atoms with van der Waals surface area (Å²) in [5.74, 6) is 0. The maximum Gasteiger partial charge on any atom is -0.00235 e. The van der Waals surface area contributed by atoms with Crippen molar-refractivity contribution < 1.29 is 0 Å². The molecule has 1 aliphatic rings. The van der Waals surface area contributed by atoms with E-state index in [0.717, 1.165) is 6.42 Å². The second-order valence-corrected chi connectivity index (χ2v) is 2.51. The van der Waals surface area contributed by atoms with Crippen LogP contribution in [0.3, 0.4) is 0 Å². The van der Waals surface area contributed by atoms with Gasteiger partial charge in [-0.05, 0) is 30.1 Å². The minimum Gasteiger partial charge on any atom is -0.0988 e. The predicted octanol–water partition coefficient (Wildman–Crippen LogP) is 3.01. The quantitative estimate of drug-likeness (QED) is 0.541. The highest BCUT2D eigenvalue weighted by molar-refractivity contribution is 5.45. The van der Waals surface area contributed by atoms with Crippen molar-refractivity contribution in [1.29, 1.82) is 0 Å². The van der Waals surface area contributed by atoms with Crippen molar-refractivity contribution in [2.45, 2.75) is 13.3 Å². The Morgan fingerprint density at radius 2 is 2.10 bits per heavy atom. The fraction of sp³-hybridized carbons (Fsp3) is 0.200. The van der Waals surface area contributed by atoms with Crippen LogP contribution in [-0.4, -0.2) is 0 Å². The molecule has 0 radical (unpaired) electrons. The van der Waals surface area contributed by atoms with E-state index in [1.807, 2.05) is 12.2 Å².